The number of halogens is 1. The second-order valence-corrected chi connectivity index (χ2v) is 3.05. The summed E-state index contributed by atoms with van der Waals surface area (Å²) < 4.78 is 4.98. The van der Waals surface area contributed by atoms with Crippen molar-refractivity contribution >= 4 is 30.9 Å². The lowest BCUT2D eigenvalue weighted by Crippen LogP contribution is -2.33. The Morgan fingerprint density at radius 2 is 2.33 bits per heavy atom. The summed E-state index contributed by atoms with van der Waals surface area (Å²) in [5.74, 6) is 4.61. The first kappa shape index (κ1) is 12.0. The van der Waals surface area contributed by atoms with E-state index in [0.717, 1.165) is 5.56 Å². The predicted molar refractivity (Wildman–Crippen MR) is 57.7 cm³/mol. The summed E-state index contributed by atoms with van der Waals surface area (Å²) in [5.41, 5.74) is 3.96. The van der Waals surface area contributed by atoms with Gasteiger partial charge in [0, 0.05) is 5.56 Å². The molecule has 2 rings (SSSR count). The third kappa shape index (κ3) is 2.13. The first-order valence-corrected chi connectivity index (χ1v) is 4.16. The molecule has 0 radical (unpaired) electrons. The minimum Gasteiger partial charge on any atom is -0.423 e. The molecule has 0 atom stereocenters. The van der Waals surface area contributed by atoms with Crippen LogP contribution in [0.4, 0.5) is 0 Å². The van der Waals surface area contributed by atoms with Crippen LogP contribution in [-0.4, -0.2) is 18.0 Å². The van der Waals surface area contributed by atoms with Gasteiger partial charge in [-0.1, -0.05) is 6.07 Å². The second-order valence-electron chi connectivity index (χ2n) is 3.05. The Kier molecular flexibility index (Phi) is 3.70. The number of carbonyl (C=O) groups excluding carboxylic acids is 1. The molecule has 1 amide bonds. The van der Waals surface area contributed by atoms with Crippen LogP contribution < -0.4 is 16.7 Å². The highest BCUT2D eigenvalue weighted by Gasteiger charge is 2.27. The average molecular weight is 228 g/mol. The number of hydrogen-bond acceptors (Lipinski definition) is 4. The maximum Gasteiger partial charge on any atom is 0.491 e. The van der Waals surface area contributed by atoms with Gasteiger partial charge in [0.2, 0.25) is 0 Å². The fourth-order valence-electron chi connectivity index (χ4n) is 1.44. The predicted octanol–water partition coefficient (Wildman–Crippen LogP) is -1.07. The van der Waals surface area contributed by atoms with E-state index in [0.29, 0.717) is 17.6 Å². The largest absolute Gasteiger partial charge is 0.491 e. The van der Waals surface area contributed by atoms with E-state index in [-0.39, 0.29) is 18.3 Å². The molecular weight excluding hydrogens is 218 g/mol. The molecule has 0 fully saturated rings. The molecule has 15 heavy (non-hydrogen) atoms. The number of fused-ring (bicyclic) bond motifs is 1. The number of benzene rings is 1. The van der Waals surface area contributed by atoms with E-state index in [9.17, 15) is 9.82 Å². The van der Waals surface area contributed by atoms with Crippen LogP contribution in [0.2, 0.25) is 0 Å². The summed E-state index contributed by atoms with van der Waals surface area (Å²) in [5, 5.41) is 9.38. The van der Waals surface area contributed by atoms with Gasteiger partial charge in [0.15, 0.2) is 0 Å². The topological polar surface area (TPSA) is 84.6 Å². The highest BCUT2D eigenvalue weighted by Crippen LogP contribution is 2.10. The third-order valence-electron chi connectivity index (χ3n) is 2.20. The minimum atomic E-state index is -0.935. The fourth-order valence-corrected chi connectivity index (χ4v) is 1.44. The SMILES string of the molecule is Cl.NNC(=O)c1ccc2c(c1)B(O)OC2. The summed E-state index contributed by atoms with van der Waals surface area (Å²) >= 11 is 0. The standard InChI is InChI=1S/C8H9BN2O3.ClH/c10-11-8(12)5-1-2-6-4-14-9(13)7(6)3-5;/h1-3,13H,4,10H2,(H,11,12);1H. The first-order chi connectivity index (χ1) is 6.72. The number of hydrazine groups is 1. The Morgan fingerprint density at radius 3 is 3.00 bits per heavy atom. The molecule has 0 saturated carbocycles. The number of nitrogens with one attached hydrogen (secondary N) is 1. The Bertz CT molecular complexity index is 388. The van der Waals surface area contributed by atoms with Gasteiger partial charge in [0.1, 0.15) is 0 Å². The number of nitrogen functional groups attached to an aromatic ring is 1. The lowest BCUT2D eigenvalue weighted by Gasteiger charge is -2.02. The number of amides is 1. The fraction of sp³-hybridized carbons (Fsp3) is 0.125. The molecule has 1 heterocycles. The van der Waals surface area contributed by atoms with Gasteiger partial charge in [0.05, 0.1) is 6.61 Å². The normalized spacial score (nSPS) is 13.1. The molecule has 5 nitrogen and oxygen atoms in total. The number of rotatable bonds is 1. The van der Waals surface area contributed by atoms with Gasteiger partial charge in [-0.3, -0.25) is 10.2 Å². The van der Waals surface area contributed by atoms with E-state index in [1.807, 2.05) is 5.43 Å². The van der Waals surface area contributed by atoms with E-state index in [1.54, 1.807) is 18.2 Å². The Hall–Kier alpha value is -1.08. The second kappa shape index (κ2) is 4.63. The summed E-state index contributed by atoms with van der Waals surface area (Å²) in [7, 11) is -0.935. The van der Waals surface area contributed by atoms with Gasteiger partial charge in [-0.2, -0.15) is 0 Å². The van der Waals surface area contributed by atoms with Crippen LogP contribution in [-0.2, 0) is 11.3 Å². The van der Waals surface area contributed by atoms with Gasteiger partial charge in [-0.25, -0.2) is 5.84 Å². The Morgan fingerprint density at radius 1 is 1.60 bits per heavy atom. The Balaban J connectivity index is 0.00000112. The van der Waals surface area contributed by atoms with Crippen molar-refractivity contribution in [3.63, 3.8) is 0 Å². The molecule has 1 aliphatic heterocycles. The van der Waals surface area contributed by atoms with Crippen LogP contribution in [0.5, 0.6) is 0 Å². The van der Waals surface area contributed by atoms with Crippen LogP contribution in [0.25, 0.3) is 0 Å². The van der Waals surface area contributed by atoms with Gasteiger partial charge in [-0.15, -0.1) is 12.4 Å². The maximum atomic E-state index is 11.2. The highest BCUT2D eigenvalue weighted by atomic mass is 35.5. The zero-order valence-corrected chi connectivity index (χ0v) is 8.58. The van der Waals surface area contributed by atoms with Crippen molar-refractivity contribution in [2.75, 3.05) is 0 Å². The van der Waals surface area contributed by atoms with Crippen LogP contribution in [0.15, 0.2) is 18.2 Å². The molecule has 0 bridgehead atoms. The van der Waals surface area contributed by atoms with Crippen molar-refractivity contribution in [3.8, 4) is 0 Å². The number of hydrogen-bond donors (Lipinski definition) is 3. The van der Waals surface area contributed by atoms with E-state index in [1.165, 1.54) is 0 Å². The molecular formula is C8H10BClN2O3. The molecule has 80 valence electrons. The molecule has 1 aromatic carbocycles. The first-order valence-electron chi connectivity index (χ1n) is 4.16. The van der Waals surface area contributed by atoms with Crippen LogP contribution >= 0.6 is 12.4 Å². The monoisotopic (exact) mass is 228 g/mol. The summed E-state index contributed by atoms with van der Waals surface area (Å²) in [6.07, 6.45) is 0. The van der Waals surface area contributed by atoms with E-state index in [2.05, 4.69) is 0 Å². The number of nitrogens with two attached hydrogens (primary N) is 1. The lowest BCUT2D eigenvalue weighted by atomic mass is 9.79. The van der Waals surface area contributed by atoms with E-state index >= 15 is 0 Å². The van der Waals surface area contributed by atoms with Crippen LogP contribution in [0.1, 0.15) is 15.9 Å². The molecule has 0 spiro atoms. The zero-order chi connectivity index (χ0) is 10.1. The lowest BCUT2D eigenvalue weighted by molar-refractivity contribution is 0.0953. The Labute approximate surface area is 93.1 Å². The minimum absolute atomic E-state index is 0. The molecule has 7 heteroatoms. The van der Waals surface area contributed by atoms with Crippen molar-refractivity contribution < 1.29 is 14.5 Å². The summed E-state index contributed by atoms with van der Waals surface area (Å²) in [6, 6.07) is 4.97. The highest BCUT2D eigenvalue weighted by molar-refractivity contribution is 6.61. The molecule has 0 aliphatic carbocycles. The van der Waals surface area contributed by atoms with Gasteiger partial charge in [-0.05, 0) is 23.2 Å². The molecule has 0 saturated heterocycles. The average Bonchev–Trinajstić information content (AvgIpc) is 2.59. The third-order valence-corrected chi connectivity index (χ3v) is 2.20. The van der Waals surface area contributed by atoms with Crippen molar-refractivity contribution in [3.05, 3.63) is 29.3 Å². The van der Waals surface area contributed by atoms with Crippen molar-refractivity contribution in [2.24, 2.45) is 5.84 Å². The smallest absolute Gasteiger partial charge is 0.423 e. The molecule has 1 aromatic rings. The molecule has 1 aliphatic rings. The van der Waals surface area contributed by atoms with Crippen molar-refractivity contribution in [1.29, 1.82) is 0 Å². The van der Waals surface area contributed by atoms with Crippen molar-refractivity contribution in [1.82, 2.24) is 5.43 Å². The maximum absolute atomic E-state index is 11.2. The van der Waals surface area contributed by atoms with Crippen molar-refractivity contribution in [2.45, 2.75) is 6.61 Å². The molecule has 0 aromatic heterocycles. The van der Waals surface area contributed by atoms with Gasteiger partial charge < -0.3 is 9.68 Å². The quantitative estimate of drug-likeness (QED) is 0.247. The summed E-state index contributed by atoms with van der Waals surface area (Å²) in [6.45, 7) is 0.376. The zero-order valence-electron chi connectivity index (χ0n) is 7.77. The van der Waals surface area contributed by atoms with Gasteiger partial charge >= 0.3 is 7.12 Å². The van der Waals surface area contributed by atoms with Crippen LogP contribution in [0.3, 0.4) is 0 Å². The summed E-state index contributed by atoms with van der Waals surface area (Å²) in [4.78, 5) is 11.2. The van der Waals surface area contributed by atoms with E-state index < -0.39 is 7.12 Å². The molecule has 4 N–H and O–H groups in total. The number of carbonyl (C=O) groups is 1. The van der Waals surface area contributed by atoms with E-state index in [4.69, 9.17) is 10.5 Å². The molecule has 0 unspecified atom stereocenters. The van der Waals surface area contributed by atoms with Crippen LogP contribution in [0, 0.1) is 0 Å². The van der Waals surface area contributed by atoms with Gasteiger partial charge in [0.25, 0.3) is 5.91 Å².